The second-order valence-corrected chi connectivity index (χ2v) is 7.52. The topological polar surface area (TPSA) is 43.1 Å². The highest BCUT2D eigenvalue weighted by Gasteiger charge is 2.28. The Hall–Kier alpha value is -0.420. The molecule has 1 aliphatic carbocycles. The van der Waals surface area contributed by atoms with E-state index in [0.717, 1.165) is 29.3 Å². The number of hydrogen-bond acceptors (Lipinski definition) is 2. The fourth-order valence-electron chi connectivity index (χ4n) is 2.84. The van der Waals surface area contributed by atoms with Gasteiger partial charge in [0.25, 0.3) is 5.69 Å². The molecule has 1 aromatic carbocycles. The van der Waals surface area contributed by atoms with Gasteiger partial charge in [-0.15, -0.1) is 0 Å². The van der Waals surface area contributed by atoms with E-state index in [1.165, 1.54) is 6.42 Å². The molecule has 3 nitrogen and oxygen atoms in total. The number of alkyl halides is 1. The van der Waals surface area contributed by atoms with E-state index < -0.39 is 0 Å². The van der Waals surface area contributed by atoms with Gasteiger partial charge < -0.3 is 0 Å². The average molecular weight is 391 g/mol. The zero-order valence-corrected chi connectivity index (χ0v) is 14.0. The zero-order chi connectivity index (χ0) is 14.0. The van der Waals surface area contributed by atoms with E-state index in [0.29, 0.717) is 16.7 Å². The minimum atomic E-state index is -0.282. The van der Waals surface area contributed by atoms with Gasteiger partial charge in [0.05, 0.1) is 4.92 Å². The third kappa shape index (κ3) is 3.78. The summed E-state index contributed by atoms with van der Waals surface area (Å²) in [5, 5.41) is 11.1. The quantitative estimate of drug-likeness (QED) is 0.409. The monoisotopic (exact) mass is 389 g/mol. The van der Waals surface area contributed by atoms with Crippen molar-refractivity contribution in [2.75, 3.05) is 0 Å². The van der Waals surface area contributed by atoms with Crippen molar-refractivity contribution in [3.05, 3.63) is 38.3 Å². The third-order valence-electron chi connectivity index (χ3n) is 3.88. The largest absolute Gasteiger partial charge is 0.273 e. The number of nitrogens with zero attached hydrogens (tertiary/aromatic N) is 1. The molecule has 1 saturated carbocycles. The summed E-state index contributed by atoms with van der Waals surface area (Å²) in [5.41, 5.74) is 1.07. The van der Waals surface area contributed by atoms with E-state index in [-0.39, 0.29) is 10.6 Å². The Morgan fingerprint density at radius 3 is 2.84 bits per heavy atom. The molecule has 1 fully saturated rings. The van der Waals surface area contributed by atoms with Gasteiger partial charge in [0.1, 0.15) is 0 Å². The number of hydrogen-bond donors (Lipinski definition) is 0. The van der Waals surface area contributed by atoms with Crippen LogP contribution in [-0.4, -0.2) is 9.75 Å². The zero-order valence-electron chi connectivity index (χ0n) is 10.8. The van der Waals surface area contributed by atoms with Gasteiger partial charge in [-0.1, -0.05) is 44.8 Å². The molecule has 0 aliphatic heterocycles. The van der Waals surface area contributed by atoms with Crippen molar-refractivity contribution in [3.8, 4) is 0 Å². The van der Waals surface area contributed by atoms with Crippen LogP contribution in [0.15, 0.2) is 22.7 Å². The van der Waals surface area contributed by atoms with Gasteiger partial charge >= 0.3 is 0 Å². The van der Waals surface area contributed by atoms with Gasteiger partial charge in [0.2, 0.25) is 0 Å². The summed E-state index contributed by atoms with van der Waals surface area (Å²) in [6.45, 7) is 2.27. The van der Waals surface area contributed by atoms with Crippen molar-refractivity contribution in [3.63, 3.8) is 0 Å². The van der Waals surface area contributed by atoms with Crippen LogP contribution in [0.2, 0.25) is 0 Å². The lowest BCUT2D eigenvalue weighted by Gasteiger charge is -2.31. The molecular formula is C14H17Br2NO2. The predicted molar refractivity (Wildman–Crippen MR) is 83.7 cm³/mol. The van der Waals surface area contributed by atoms with E-state index in [9.17, 15) is 10.1 Å². The standard InChI is InChI=1S/C14H17Br2NO2/c1-9-2-5-13(16)11(6-9)7-10-3-4-12(15)8-14(10)17(18)19/h3-4,8-9,11,13H,2,5-7H2,1H3. The molecule has 0 amide bonds. The minimum Gasteiger partial charge on any atom is -0.258 e. The number of nitro benzene ring substituents is 1. The highest BCUT2D eigenvalue weighted by Crippen LogP contribution is 2.37. The molecule has 104 valence electrons. The van der Waals surface area contributed by atoms with E-state index in [4.69, 9.17) is 0 Å². The first-order valence-corrected chi connectivity index (χ1v) is 8.25. The molecule has 1 aliphatic rings. The lowest BCUT2D eigenvalue weighted by molar-refractivity contribution is -0.385. The highest BCUT2D eigenvalue weighted by atomic mass is 79.9. The first kappa shape index (κ1) is 15.0. The van der Waals surface area contributed by atoms with Crippen LogP contribution in [0, 0.1) is 22.0 Å². The molecule has 0 bridgehead atoms. The van der Waals surface area contributed by atoms with E-state index in [2.05, 4.69) is 38.8 Å². The van der Waals surface area contributed by atoms with Crippen LogP contribution in [0.25, 0.3) is 0 Å². The molecule has 0 N–H and O–H groups in total. The summed E-state index contributed by atoms with van der Waals surface area (Å²) in [6, 6.07) is 5.36. The summed E-state index contributed by atoms with van der Waals surface area (Å²) in [5.74, 6) is 1.21. The molecule has 0 saturated heterocycles. The maximum Gasteiger partial charge on any atom is 0.273 e. The Bertz CT molecular complexity index is 479. The Labute approximate surface area is 130 Å². The second-order valence-electron chi connectivity index (χ2n) is 5.43. The van der Waals surface area contributed by atoms with Gasteiger partial charge in [0.15, 0.2) is 0 Å². The molecule has 2 rings (SSSR count). The van der Waals surface area contributed by atoms with Crippen molar-refractivity contribution < 1.29 is 4.92 Å². The molecule has 3 atom stereocenters. The molecule has 19 heavy (non-hydrogen) atoms. The van der Waals surface area contributed by atoms with E-state index in [1.54, 1.807) is 6.07 Å². The molecule has 0 aromatic heterocycles. The normalized spacial score (nSPS) is 27.2. The maximum atomic E-state index is 11.1. The molecule has 0 heterocycles. The fourth-order valence-corrected chi connectivity index (χ4v) is 3.85. The van der Waals surface area contributed by atoms with Crippen LogP contribution >= 0.6 is 31.9 Å². The summed E-state index contributed by atoms with van der Waals surface area (Å²) in [4.78, 5) is 11.3. The SMILES string of the molecule is CC1CCC(Br)C(Cc2ccc(Br)cc2[N+](=O)[O-])C1. The van der Waals surface area contributed by atoms with Crippen LogP contribution in [-0.2, 0) is 6.42 Å². The van der Waals surface area contributed by atoms with Gasteiger partial charge in [0, 0.05) is 20.9 Å². The second kappa shape index (κ2) is 6.35. The lowest BCUT2D eigenvalue weighted by Crippen LogP contribution is -2.25. The lowest BCUT2D eigenvalue weighted by atomic mass is 9.79. The van der Waals surface area contributed by atoms with Crippen LogP contribution < -0.4 is 0 Å². The van der Waals surface area contributed by atoms with Crippen molar-refractivity contribution in [2.24, 2.45) is 11.8 Å². The number of nitro groups is 1. The average Bonchev–Trinajstić information content (AvgIpc) is 2.35. The van der Waals surface area contributed by atoms with Crippen molar-refractivity contribution in [1.82, 2.24) is 0 Å². The Balaban J connectivity index is 2.20. The van der Waals surface area contributed by atoms with Gasteiger partial charge in [-0.3, -0.25) is 10.1 Å². The van der Waals surface area contributed by atoms with Crippen LogP contribution in [0.4, 0.5) is 5.69 Å². The van der Waals surface area contributed by atoms with Gasteiger partial charge in [-0.2, -0.15) is 0 Å². The first-order valence-electron chi connectivity index (χ1n) is 6.54. The Kier molecular flexibility index (Phi) is 5.01. The molecule has 0 spiro atoms. The van der Waals surface area contributed by atoms with Crippen LogP contribution in [0.3, 0.4) is 0 Å². The molecule has 5 heteroatoms. The van der Waals surface area contributed by atoms with E-state index >= 15 is 0 Å². The predicted octanol–water partition coefficient (Wildman–Crippen LogP) is 5.10. The van der Waals surface area contributed by atoms with Crippen molar-refractivity contribution in [1.29, 1.82) is 0 Å². The van der Waals surface area contributed by atoms with E-state index in [1.807, 2.05) is 12.1 Å². The third-order valence-corrected chi connectivity index (χ3v) is 5.58. The molecule has 3 unspecified atom stereocenters. The van der Waals surface area contributed by atoms with Gasteiger partial charge in [-0.25, -0.2) is 0 Å². The molecule has 1 aromatic rings. The fraction of sp³-hybridized carbons (Fsp3) is 0.571. The Morgan fingerprint density at radius 1 is 1.42 bits per heavy atom. The number of rotatable bonds is 3. The summed E-state index contributed by atoms with van der Waals surface area (Å²) >= 11 is 7.03. The summed E-state index contributed by atoms with van der Waals surface area (Å²) in [7, 11) is 0. The van der Waals surface area contributed by atoms with Gasteiger partial charge in [-0.05, 0) is 43.6 Å². The smallest absolute Gasteiger partial charge is 0.258 e. The van der Waals surface area contributed by atoms with Crippen molar-refractivity contribution in [2.45, 2.75) is 37.4 Å². The minimum absolute atomic E-state index is 0.229. The molecular weight excluding hydrogens is 374 g/mol. The molecule has 0 radical (unpaired) electrons. The van der Waals surface area contributed by atoms with Crippen LogP contribution in [0.1, 0.15) is 31.7 Å². The summed E-state index contributed by atoms with van der Waals surface area (Å²) < 4.78 is 0.760. The van der Waals surface area contributed by atoms with Crippen LogP contribution in [0.5, 0.6) is 0 Å². The highest BCUT2D eigenvalue weighted by molar-refractivity contribution is 9.10. The van der Waals surface area contributed by atoms with Crippen molar-refractivity contribution >= 4 is 37.5 Å². The number of halogens is 2. The summed E-state index contributed by atoms with van der Waals surface area (Å²) in [6.07, 6.45) is 4.33. The first-order chi connectivity index (χ1) is 8.97. The Morgan fingerprint density at radius 2 is 2.16 bits per heavy atom. The number of benzene rings is 1. The maximum absolute atomic E-state index is 11.1.